The highest BCUT2D eigenvalue weighted by atomic mass is 32.2. The van der Waals surface area contributed by atoms with Crippen molar-refractivity contribution in [2.45, 2.75) is 18.4 Å². The molecule has 0 aliphatic rings. The fourth-order valence-corrected chi connectivity index (χ4v) is 2.67. The molecule has 3 aromatic rings. The Balaban J connectivity index is 1.76. The highest BCUT2D eigenvalue weighted by molar-refractivity contribution is 7.98. The number of hydrogen-bond donors (Lipinski definition) is 1. The third-order valence-corrected chi connectivity index (χ3v) is 4.00. The maximum atomic E-state index is 12.5. The fraction of sp³-hybridized carbons (Fsp3) is 0.188. The molecule has 0 radical (unpaired) electrons. The van der Waals surface area contributed by atoms with Gasteiger partial charge >= 0.3 is 0 Å². The lowest BCUT2D eigenvalue weighted by molar-refractivity contribution is 0.101. The van der Waals surface area contributed by atoms with Crippen LogP contribution < -0.4 is 5.32 Å². The average Bonchev–Trinajstić information content (AvgIpc) is 3.17. The Kier molecular flexibility index (Phi) is 4.47. The zero-order valence-electron chi connectivity index (χ0n) is 12.8. The first-order valence-electron chi connectivity index (χ1n) is 7.05. The molecule has 0 atom stereocenters. The molecule has 6 nitrogen and oxygen atoms in total. The maximum Gasteiger partial charge on any atom is 0.272 e. The molecule has 23 heavy (non-hydrogen) atoms. The average molecular weight is 328 g/mol. The van der Waals surface area contributed by atoms with Gasteiger partial charge in [-0.05, 0) is 36.6 Å². The van der Waals surface area contributed by atoms with Crippen LogP contribution >= 0.6 is 11.8 Å². The first-order valence-corrected chi connectivity index (χ1v) is 8.28. The number of amides is 1. The van der Waals surface area contributed by atoms with E-state index in [-0.39, 0.29) is 5.91 Å². The number of thioether (sulfide) groups is 1. The number of nitrogens with one attached hydrogen (secondary N) is 1. The number of aromatic nitrogens is 3. The SMILES string of the molecule is CSc1cccc(NC(=O)c2cccn2Cc2noc(C)n2)c1. The van der Waals surface area contributed by atoms with E-state index < -0.39 is 0 Å². The van der Waals surface area contributed by atoms with Gasteiger partial charge in [0.2, 0.25) is 5.89 Å². The second-order valence-corrected chi connectivity index (χ2v) is 5.82. The first kappa shape index (κ1) is 15.4. The monoisotopic (exact) mass is 328 g/mol. The van der Waals surface area contributed by atoms with Crippen molar-refractivity contribution >= 4 is 23.4 Å². The molecule has 0 saturated heterocycles. The van der Waals surface area contributed by atoms with Crippen LogP contribution in [0.25, 0.3) is 0 Å². The number of hydrogen-bond acceptors (Lipinski definition) is 5. The summed E-state index contributed by atoms with van der Waals surface area (Å²) in [4.78, 5) is 17.7. The van der Waals surface area contributed by atoms with Crippen molar-refractivity contribution in [3.05, 3.63) is 60.0 Å². The lowest BCUT2D eigenvalue weighted by Crippen LogP contribution is -2.17. The predicted molar refractivity (Wildman–Crippen MR) is 88.7 cm³/mol. The van der Waals surface area contributed by atoms with Crippen molar-refractivity contribution in [1.29, 1.82) is 0 Å². The van der Waals surface area contributed by atoms with Crippen LogP contribution in [0.1, 0.15) is 22.2 Å². The van der Waals surface area contributed by atoms with Crippen LogP contribution in [0.3, 0.4) is 0 Å². The van der Waals surface area contributed by atoms with E-state index in [0.717, 1.165) is 10.6 Å². The van der Waals surface area contributed by atoms with E-state index in [1.54, 1.807) is 29.3 Å². The number of benzene rings is 1. The normalized spacial score (nSPS) is 10.7. The molecule has 118 valence electrons. The number of nitrogens with zero attached hydrogens (tertiary/aromatic N) is 3. The van der Waals surface area contributed by atoms with Crippen molar-refractivity contribution in [2.24, 2.45) is 0 Å². The molecule has 2 heterocycles. The summed E-state index contributed by atoms with van der Waals surface area (Å²) in [6, 6.07) is 11.3. The van der Waals surface area contributed by atoms with Crippen molar-refractivity contribution < 1.29 is 9.32 Å². The Morgan fingerprint density at radius 2 is 2.22 bits per heavy atom. The largest absolute Gasteiger partial charge is 0.340 e. The molecule has 0 fully saturated rings. The van der Waals surface area contributed by atoms with E-state index in [2.05, 4.69) is 15.5 Å². The minimum atomic E-state index is -0.173. The van der Waals surface area contributed by atoms with Gasteiger partial charge in [-0.25, -0.2) is 0 Å². The highest BCUT2D eigenvalue weighted by Gasteiger charge is 2.13. The number of carbonyl (C=O) groups is 1. The molecule has 0 aliphatic heterocycles. The summed E-state index contributed by atoms with van der Waals surface area (Å²) in [6.45, 7) is 2.12. The van der Waals surface area contributed by atoms with Gasteiger partial charge in [-0.15, -0.1) is 11.8 Å². The van der Waals surface area contributed by atoms with Gasteiger partial charge in [0.05, 0.1) is 6.54 Å². The lowest BCUT2D eigenvalue weighted by Gasteiger charge is -2.09. The third-order valence-electron chi connectivity index (χ3n) is 3.27. The van der Waals surface area contributed by atoms with Gasteiger partial charge < -0.3 is 14.4 Å². The van der Waals surface area contributed by atoms with Crippen molar-refractivity contribution in [1.82, 2.24) is 14.7 Å². The molecule has 1 amide bonds. The molecular formula is C16H16N4O2S. The molecule has 3 rings (SSSR count). The molecule has 0 spiro atoms. The summed E-state index contributed by atoms with van der Waals surface area (Å²) in [6.07, 6.45) is 3.82. The van der Waals surface area contributed by atoms with Crippen LogP contribution in [0, 0.1) is 6.92 Å². The van der Waals surface area contributed by atoms with Gasteiger partial charge in [-0.1, -0.05) is 11.2 Å². The van der Waals surface area contributed by atoms with Crippen molar-refractivity contribution in [2.75, 3.05) is 11.6 Å². The maximum absolute atomic E-state index is 12.5. The Hall–Kier alpha value is -2.54. The van der Waals surface area contributed by atoms with Gasteiger partial charge in [0, 0.05) is 23.7 Å². The van der Waals surface area contributed by atoms with Gasteiger partial charge in [0.1, 0.15) is 5.69 Å². The standard InChI is InChI=1S/C16H16N4O2S/c1-11-17-15(19-22-11)10-20-8-4-7-14(20)16(21)18-12-5-3-6-13(9-12)23-2/h3-9H,10H2,1-2H3,(H,18,21). The summed E-state index contributed by atoms with van der Waals surface area (Å²) in [5.74, 6) is 0.873. The van der Waals surface area contributed by atoms with Gasteiger partial charge in [0.15, 0.2) is 5.82 Å². The van der Waals surface area contributed by atoms with Crippen LogP contribution in [0.15, 0.2) is 52.0 Å². The van der Waals surface area contributed by atoms with Crippen LogP contribution in [0.2, 0.25) is 0 Å². The lowest BCUT2D eigenvalue weighted by atomic mass is 10.3. The van der Waals surface area contributed by atoms with Crippen LogP contribution in [-0.4, -0.2) is 26.9 Å². The number of aryl methyl sites for hydroxylation is 1. The fourth-order valence-electron chi connectivity index (χ4n) is 2.21. The van der Waals surface area contributed by atoms with E-state index >= 15 is 0 Å². The van der Waals surface area contributed by atoms with Gasteiger partial charge in [-0.2, -0.15) is 4.98 Å². The smallest absolute Gasteiger partial charge is 0.272 e. The van der Waals surface area contributed by atoms with E-state index in [1.807, 2.05) is 42.8 Å². The summed E-state index contributed by atoms with van der Waals surface area (Å²) >= 11 is 1.63. The third kappa shape index (κ3) is 3.62. The summed E-state index contributed by atoms with van der Waals surface area (Å²) in [7, 11) is 0. The molecular weight excluding hydrogens is 312 g/mol. The second kappa shape index (κ2) is 6.70. The van der Waals surface area contributed by atoms with E-state index in [9.17, 15) is 4.79 Å². The van der Waals surface area contributed by atoms with Crippen LogP contribution in [-0.2, 0) is 6.54 Å². The molecule has 0 saturated carbocycles. The summed E-state index contributed by atoms with van der Waals surface area (Å²) in [5.41, 5.74) is 1.31. The molecule has 2 aromatic heterocycles. The van der Waals surface area contributed by atoms with E-state index in [1.165, 1.54) is 0 Å². The Labute approximate surface area is 137 Å². The topological polar surface area (TPSA) is 73.0 Å². The van der Waals surface area contributed by atoms with Gasteiger partial charge in [0.25, 0.3) is 5.91 Å². The van der Waals surface area contributed by atoms with Crippen LogP contribution in [0.4, 0.5) is 5.69 Å². The number of anilines is 1. The minimum Gasteiger partial charge on any atom is -0.340 e. The zero-order valence-corrected chi connectivity index (χ0v) is 13.6. The van der Waals surface area contributed by atoms with Crippen molar-refractivity contribution in [3.63, 3.8) is 0 Å². The molecule has 0 aliphatic carbocycles. The predicted octanol–water partition coefficient (Wildman–Crippen LogP) is 3.20. The Bertz CT molecular complexity index is 825. The number of carbonyl (C=O) groups excluding carboxylic acids is 1. The molecule has 1 N–H and O–H groups in total. The van der Waals surface area contributed by atoms with E-state index in [0.29, 0.717) is 24.0 Å². The molecule has 0 bridgehead atoms. The summed E-state index contributed by atoms with van der Waals surface area (Å²) in [5, 5.41) is 6.77. The molecule has 1 aromatic carbocycles. The van der Waals surface area contributed by atoms with Gasteiger partial charge in [-0.3, -0.25) is 4.79 Å². The highest BCUT2D eigenvalue weighted by Crippen LogP contribution is 2.19. The van der Waals surface area contributed by atoms with E-state index in [4.69, 9.17) is 4.52 Å². The van der Waals surface area contributed by atoms with Crippen LogP contribution in [0.5, 0.6) is 0 Å². The second-order valence-electron chi connectivity index (χ2n) is 4.94. The minimum absolute atomic E-state index is 0.173. The summed E-state index contributed by atoms with van der Waals surface area (Å²) < 4.78 is 6.75. The Morgan fingerprint density at radius 1 is 1.35 bits per heavy atom. The molecule has 7 heteroatoms. The first-order chi connectivity index (χ1) is 11.2. The Morgan fingerprint density at radius 3 is 2.96 bits per heavy atom. The number of rotatable bonds is 5. The zero-order chi connectivity index (χ0) is 16.2. The molecule has 0 unspecified atom stereocenters. The quantitative estimate of drug-likeness (QED) is 0.728. The van der Waals surface area contributed by atoms with Crippen molar-refractivity contribution in [3.8, 4) is 0 Å².